The Bertz CT molecular complexity index is 1150. The maximum atomic E-state index is 13.7. The van der Waals surface area contributed by atoms with Crippen LogP contribution < -0.4 is 16.0 Å². The summed E-state index contributed by atoms with van der Waals surface area (Å²) in [4.78, 5) is 64.6. The van der Waals surface area contributed by atoms with Crippen LogP contribution in [-0.4, -0.2) is 71.2 Å². The summed E-state index contributed by atoms with van der Waals surface area (Å²) in [6, 6.07) is 8.19. The van der Waals surface area contributed by atoms with E-state index >= 15 is 0 Å². The Labute approximate surface area is 214 Å². The molecule has 2 saturated heterocycles. The van der Waals surface area contributed by atoms with Gasteiger partial charge in [-0.25, -0.2) is 0 Å². The molecule has 2 aromatic rings. The molecule has 4 unspecified atom stereocenters. The fourth-order valence-electron chi connectivity index (χ4n) is 4.86. The number of rotatable bonds is 10. The molecule has 4 amide bonds. The highest BCUT2D eigenvalue weighted by Crippen LogP contribution is 2.21. The van der Waals surface area contributed by atoms with E-state index in [9.17, 15) is 24.0 Å². The first kappa shape index (κ1) is 26.1. The number of benzene rings is 1. The maximum Gasteiger partial charge on any atom is 0.274 e. The predicted octanol–water partition coefficient (Wildman–Crippen LogP) is 0.525. The van der Waals surface area contributed by atoms with Crippen molar-refractivity contribution in [2.75, 3.05) is 13.1 Å². The van der Waals surface area contributed by atoms with E-state index in [4.69, 9.17) is 4.52 Å². The van der Waals surface area contributed by atoms with Gasteiger partial charge in [0.15, 0.2) is 5.69 Å². The normalized spacial score (nSPS) is 20.7. The molecule has 2 fully saturated rings. The van der Waals surface area contributed by atoms with Crippen LogP contribution in [0.2, 0.25) is 0 Å². The van der Waals surface area contributed by atoms with Crippen LogP contribution in [0.15, 0.2) is 40.9 Å². The van der Waals surface area contributed by atoms with Gasteiger partial charge in [0.25, 0.3) is 5.91 Å². The third kappa shape index (κ3) is 6.41. The third-order valence-corrected chi connectivity index (χ3v) is 6.78. The molecular weight excluding hydrogens is 478 g/mol. The predicted molar refractivity (Wildman–Crippen MR) is 131 cm³/mol. The summed E-state index contributed by atoms with van der Waals surface area (Å²) in [6.45, 7) is 2.56. The Morgan fingerprint density at radius 2 is 2.00 bits per heavy atom. The summed E-state index contributed by atoms with van der Waals surface area (Å²) < 4.78 is 4.98. The molecular formula is C26H31N5O6. The van der Waals surface area contributed by atoms with Crippen molar-refractivity contribution < 1.29 is 28.5 Å². The molecule has 0 radical (unpaired) electrons. The minimum Gasteiger partial charge on any atom is -0.361 e. The van der Waals surface area contributed by atoms with Gasteiger partial charge in [0, 0.05) is 31.5 Å². The highest BCUT2D eigenvalue weighted by Gasteiger charge is 2.39. The van der Waals surface area contributed by atoms with E-state index in [1.807, 2.05) is 30.3 Å². The fourth-order valence-corrected chi connectivity index (χ4v) is 4.86. The van der Waals surface area contributed by atoms with Gasteiger partial charge in [-0.05, 0) is 38.2 Å². The van der Waals surface area contributed by atoms with Crippen LogP contribution >= 0.6 is 0 Å². The Morgan fingerprint density at radius 3 is 2.65 bits per heavy atom. The largest absolute Gasteiger partial charge is 0.361 e. The van der Waals surface area contributed by atoms with Crippen molar-refractivity contribution in [1.82, 2.24) is 26.0 Å². The standard InChI is InChI=1S/C26H31N5O6/c1-16-12-20(30-37-16)24(34)29-21(13-17-6-3-2-4-7-17)26(36)31-11-5-8-22(31)25(35)28-19(15-32)14-18-9-10-27-23(18)33/h2-4,6-7,12,15,18-19,21-22H,5,8-11,13-14H2,1H3,(H,27,33)(H,28,35)(H,29,34). The molecule has 11 nitrogen and oxygen atoms in total. The van der Waals surface area contributed by atoms with Gasteiger partial charge >= 0.3 is 0 Å². The number of nitrogens with one attached hydrogen (secondary N) is 3. The van der Waals surface area contributed by atoms with Crippen LogP contribution in [0.1, 0.15) is 47.5 Å². The van der Waals surface area contributed by atoms with Gasteiger partial charge in [0.2, 0.25) is 17.7 Å². The molecule has 3 N–H and O–H groups in total. The molecule has 0 saturated carbocycles. The highest BCUT2D eigenvalue weighted by molar-refractivity contribution is 5.97. The number of amides is 4. The van der Waals surface area contributed by atoms with Crippen molar-refractivity contribution in [3.63, 3.8) is 0 Å². The van der Waals surface area contributed by atoms with Gasteiger partial charge in [-0.1, -0.05) is 35.5 Å². The lowest BCUT2D eigenvalue weighted by Crippen LogP contribution is -2.55. The number of aromatic nitrogens is 1. The second kappa shape index (κ2) is 11.8. The summed E-state index contributed by atoms with van der Waals surface area (Å²) in [5.74, 6) is -1.39. The minimum atomic E-state index is -0.940. The van der Waals surface area contributed by atoms with E-state index in [1.54, 1.807) is 6.92 Å². The first-order valence-corrected chi connectivity index (χ1v) is 12.5. The molecule has 2 aliphatic rings. The molecule has 1 aromatic carbocycles. The topological polar surface area (TPSA) is 151 Å². The maximum absolute atomic E-state index is 13.7. The molecule has 0 spiro atoms. The van der Waals surface area contributed by atoms with Crippen LogP contribution in [-0.2, 0) is 25.6 Å². The van der Waals surface area contributed by atoms with Gasteiger partial charge in [-0.3, -0.25) is 19.2 Å². The second-order valence-electron chi connectivity index (χ2n) is 9.49. The van der Waals surface area contributed by atoms with Crippen LogP contribution in [0.3, 0.4) is 0 Å². The first-order valence-electron chi connectivity index (χ1n) is 12.5. The molecule has 1 aromatic heterocycles. The Morgan fingerprint density at radius 1 is 1.22 bits per heavy atom. The minimum absolute atomic E-state index is 0.0591. The van der Waals surface area contributed by atoms with Crippen molar-refractivity contribution in [2.45, 2.75) is 57.2 Å². The van der Waals surface area contributed by atoms with E-state index in [1.165, 1.54) is 11.0 Å². The molecule has 11 heteroatoms. The zero-order chi connectivity index (χ0) is 26.4. The van der Waals surface area contributed by atoms with Crippen molar-refractivity contribution in [1.29, 1.82) is 0 Å². The smallest absolute Gasteiger partial charge is 0.274 e. The van der Waals surface area contributed by atoms with Gasteiger partial charge < -0.3 is 30.2 Å². The van der Waals surface area contributed by atoms with Crippen LogP contribution in [0.4, 0.5) is 0 Å². The lowest BCUT2D eigenvalue weighted by molar-refractivity contribution is -0.140. The lowest BCUT2D eigenvalue weighted by Gasteiger charge is -2.29. The Hall–Kier alpha value is -4.02. The van der Waals surface area contributed by atoms with E-state index in [0.717, 1.165) is 5.56 Å². The number of carbonyl (C=O) groups excluding carboxylic acids is 5. The molecule has 4 atom stereocenters. The summed E-state index contributed by atoms with van der Waals surface area (Å²) in [6.07, 6.45) is 2.71. The van der Waals surface area contributed by atoms with E-state index < -0.39 is 35.8 Å². The average Bonchev–Trinajstić information content (AvgIpc) is 3.65. The number of carbonyl (C=O) groups is 5. The van der Waals surface area contributed by atoms with Crippen molar-refractivity contribution in [3.05, 3.63) is 53.4 Å². The molecule has 4 rings (SSSR count). The SMILES string of the molecule is Cc1cc(C(=O)NC(Cc2ccccc2)C(=O)N2CCCC2C(=O)NC(C=O)CC2CCNC2=O)no1. The summed E-state index contributed by atoms with van der Waals surface area (Å²) in [5, 5.41) is 11.9. The number of aryl methyl sites for hydroxylation is 1. The Kier molecular flexibility index (Phi) is 8.32. The number of nitrogens with zero attached hydrogens (tertiary/aromatic N) is 2. The summed E-state index contributed by atoms with van der Waals surface area (Å²) in [5.41, 5.74) is 0.900. The van der Waals surface area contributed by atoms with Crippen molar-refractivity contribution in [3.8, 4) is 0 Å². The van der Waals surface area contributed by atoms with Crippen LogP contribution in [0, 0.1) is 12.8 Å². The van der Waals surface area contributed by atoms with E-state index in [0.29, 0.717) is 44.4 Å². The van der Waals surface area contributed by atoms with Crippen molar-refractivity contribution in [2.24, 2.45) is 5.92 Å². The van der Waals surface area contributed by atoms with Crippen LogP contribution in [0.5, 0.6) is 0 Å². The number of likely N-dealkylation sites (tertiary alicyclic amines) is 1. The zero-order valence-corrected chi connectivity index (χ0v) is 20.6. The Balaban J connectivity index is 1.46. The average molecular weight is 510 g/mol. The van der Waals surface area contributed by atoms with Gasteiger partial charge in [-0.2, -0.15) is 0 Å². The van der Waals surface area contributed by atoms with Crippen molar-refractivity contribution >= 4 is 29.9 Å². The summed E-state index contributed by atoms with van der Waals surface area (Å²) in [7, 11) is 0. The molecule has 0 aliphatic carbocycles. The quantitative estimate of drug-likeness (QED) is 0.395. The number of hydrogen-bond acceptors (Lipinski definition) is 7. The van der Waals surface area contributed by atoms with Crippen LogP contribution in [0.25, 0.3) is 0 Å². The number of hydrogen-bond donors (Lipinski definition) is 3. The molecule has 0 bridgehead atoms. The van der Waals surface area contributed by atoms with E-state index in [-0.39, 0.29) is 30.4 Å². The van der Waals surface area contributed by atoms with Gasteiger partial charge in [0.05, 0.1) is 6.04 Å². The monoisotopic (exact) mass is 509 g/mol. The first-order chi connectivity index (χ1) is 17.9. The van der Waals surface area contributed by atoms with Gasteiger partial charge in [0.1, 0.15) is 24.1 Å². The summed E-state index contributed by atoms with van der Waals surface area (Å²) >= 11 is 0. The second-order valence-corrected chi connectivity index (χ2v) is 9.49. The lowest BCUT2D eigenvalue weighted by atomic mass is 9.98. The third-order valence-electron chi connectivity index (χ3n) is 6.78. The molecule has 37 heavy (non-hydrogen) atoms. The molecule has 2 aliphatic heterocycles. The van der Waals surface area contributed by atoms with E-state index in [2.05, 4.69) is 21.1 Å². The highest BCUT2D eigenvalue weighted by atomic mass is 16.5. The molecule has 3 heterocycles. The zero-order valence-electron chi connectivity index (χ0n) is 20.6. The molecule has 196 valence electrons. The fraction of sp³-hybridized carbons (Fsp3) is 0.462. The number of aldehydes is 1. The van der Waals surface area contributed by atoms with Gasteiger partial charge in [-0.15, -0.1) is 0 Å².